The van der Waals surface area contributed by atoms with Gasteiger partial charge in [0.05, 0.1) is 25.3 Å². The van der Waals surface area contributed by atoms with Gasteiger partial charge in [-0.05, 0) is 36.6 Å². The third-order valence-electron chi connectivity index (χ3n) is 4.82. The zero-order valence-corrected chi connectivity index (χ0v) is 17.1. The van der Waals surface area contributed by atoms with E-state index in [0.717, 1.165) is 17.8 Å². The van der Waals surface area contributed by atoms with Crippen molar-refractivity contribution in [3.63, 3.8) is 0 Å². The molecule has 1 atom stereocenters. The van der Waals surface area contributed by atoms with Crippen molar-refractivity contribution in [3.8, 4) is 0 Å². The van der Waals surface area contributed by atoms with Crippen molar-refractivity contribution in [2.75, 3.05) is 25.4 Å². The van der Waals surface area contributed by atoms with E-state index in [-0.39, 0.29) is 18.4 Å². The summed E-state index contributed by atoms with van der Waals surface area (Å²) >= 11 is 1.25. The van der Waals surface area contributed by atoms with Crippen LogP contribution in [0.2, 0.25) is 0 Å². The van der Waals surface area contributed by atoms with E-state index in [1.54, 1.807) is 0 Å². The zero-order chi connectivity index (χ0) is 20.2. The van der Waals surface area contributed by atoms with E-state index in [1.807, 2.05) is 30.0 Å². The fourth-order valence-corrected chi connectivity index (χ4v) is 4.10. The molecule has 150 valence electrons. The summed E-state index contributed by atoms with van der Waals surface area (Å²) in [5.74, 6) is 0.00612. The number of pyridine rings is 1. The second-order valence-corrected chi connectivity index (χ2v) is 8.21. The number of carbonyl (C=O) groups excluding carboxylic acids is 1. The SMILES string of the molecule is Cc1cc(Cc2ccccc2)cc(C2CN(C(=O)Cc3nnc(N)s3)CCO2)n1. The highest BCUT2D eigenvalue weighted by atomic mass is 32.1. The molecule has 1 amide bonds. The quantitative estimate of drug-likeness (QED) is 0.696. The molecule has 4 rings (SSSR count). The Morgan fingerprint density at radius 3 is 2.83 bits per heavy atom. The smallest absolute Gasteiger partial charge is 0.229 e. The van der Waals surface area contributed by atoms with Gasteiger partial charge in [0.25, 0.3) is 0 Å². The number of aryl methyl sites for hydroxylation is 1. The van der Waals surface area contributed by atoms with Crippen LogP contribution in [0.3, 0.4) is 0 Å². The number of nitrogens with two attached hydrogens (primary N) is 1. The van der Waals surface area contributed by atoms with Gasteiger partial charge in [-0.2, -0.15) is 0 Å². The molecule has 29 heavy (non-hydrogen) atoms. The van der Waals surface area contributed by atoms with Crippen LogP contribution in [0.15, 0.2) is 42.5 Å². The first kappa shape index (κ1) is 19.5. The number of benzene rings is 1. The van der Waals surface area contributed by atoms with Crippen LogP contribution < -0.4 is 5.73 Å². The Hall–Kier alpha value is -2.84. The largest absolute Gasteiger partial charge is 0.374 e. The summed E-state index contributed by atoms with van der Waals surface area (Å²) in [6.07, 6.45) is 0.814. The number of amides is 1. The van der Waals surface area contributed by atoms with E-state index in [2.05, 4.69) is 39.4 Å². The maximum atomic E-state index is 12.7. The van der Waals surface area contributed by atoms with Crippen LogP contribution in [0.5, 0.6) is 0 Å². The van der Waals surface area contributed by atoms with Crippen molar-refractivity contribution in [1.82, 2.24) is 20.1 Å². The molecule has 0 aliphatic carbocycles. The Morgan fingerprint density at radius 2 is 2.07 bits per heavy atom. The molecule has 1 aliphatic heterocycles. The van der Waals surface area contributed by atoms with Crippen molar-refractivity contribution >= 4 is 22.4 Å². The standard InChI is InChI=1S/C21H23N5O2S/c1-14-9-16(10-15-5-3-2-4-6-15)11-17(23-14)18-13-26(7-8-28-18)20(27)12-19-24-25-21(22)29-19/h2-6,9,11,18H,7-8,10,12-13H2,1H3,(H2,22,25). The number of anilines is 1. The average Bonchev–Trinajstić information content (AvgIpc) is 3.13. The first-order valence-electron chi connectivity index (χ1n) is 9.55. The summed E-state index contributed by atoms with van der Waals surface area (Å²) in [6.45, 7) is 3.52. The molecule has 1 aliphatic rings. The van der Waals surface area contributed by atoms with Crippen molar-refractivity contribution in [2.24, 2.45) is 0 Å². The maximum absolute atomic E-state index is 12.7. The Morgan fingerprint density at radius 1 is 1.24 bits per heavy atom. The van der Waals surface area contributed by atoms with E-state index >= 15 is 0 Å². The molecule has 1 fully saturated rings. The number of nitrogen functional groups attached to an aromatic ring is 1. The summed E-state index contributed by atoms with van der Waals surface area (Å²) < 4.78 is 5.96. The van der Waals surface area contributed by atoms with Gasteiger partial charge in [-0.15, -0.1) is 10.2 Å². The predicted octanol–water partition coefficient (Wildman–Crippen LogP) is 2.56. The lowest BCUT2D eigenvalue weighted by atomic mass is 10.0. The molecule has 3 aromatic rings. The van der Waals surface area contributed by atoms with Gasteiger partial charge >= 0.3 is 0 Å². The Balaban J connectivity index is 1.46. The van der Waals surface area contributed by atoms with Crippen LogP contribution in [-0.4, -0.2) is 45.7 Å². The first-order chi connectivity index (χ1) is 14.1. The van der Waals surface area contributed by atoms with Crippen molar-refractivity contribution < 1.29 is 9.53 Å². The number of carbonyl (C=O) groups is 1. The van der Waals surface area contributed by atoms with Crippen molar-refractivity contribution in [3.05, 3.63) is 70.0 Å². The lowest BCUT2D eigenvalue weighted by molar-refractivity contribution is -0.138. The molecule has 1 saturated heterocycles. The van der Waals surface area contributed by atoms with Crippen molar-refractivity contribution in [1.29, 1.82) is 0 Å². The second-order valence-electron chi connectivity index (χ2n) is 7.11. The number of morpholine rings is 1. The first-order valence-corrected chi connectivity index (χ1v) is 10.4. The molecular weight excluding hydrogens is 386 g/mol. The molecule has 0 bridgehead atoms. The lowest BCUT2D eigenvalue weighted by Gasteiger charge is -2.32. The van der Waals surface area contributed by atoms with Crippen molar-refractivity contribution in [2.45, 2.75) is 25.9 Å². The average molecular weight is 410 g/mol. The molecule has 1 unspecified atom stereocenters. The molecule has 3 heterocycles. The van der Waals surface area contributed by atoms with Gasteiger partial charge < -0.3 is 15.4 Å². The highest BCUT2D eigenvalue weighted by Crippen LogP contribution is 2.24. The highest BCUT2D eigenvalue weighted by Gasteiger charge is 2.27. The third-order valence-corrected chi connectivity index (χ3v) is 5.57. The number of nitrogens with zero attached hydrogens (tertiary/aromatic N) is 4. The number of hydrogen-bond acceptors (Lipinski definition) is 7. The Bertz CT molecular complexity index is 992. The topological polar surface area (TPSA) is 94.2 Å². The fourth-order valence-electron chi connectivity index (χ4n) is 3.50. The molecular formula is C21H23N5O2S. The third kappa shape index (κ3) is 4.96. The molecule has 2 aromatic heterocycles. The fraction of sp³-hybridized carbons (Fsp3) is 0.333. The highest BCUT2D eigenvalue weighted by molar-refractivity contribution is 7.15. The molecule has 8 heteroatoms. The van der Waals surface area contributed by atoms with Crippen LogP contribution >= 0.6 is 11.3 Å². The summed E-state index contributed by atoms with van der Waals surface area (Å²) in [7, 11) is 0. The Kier molecular flexibility index (Phi) is 5.82. The van der Waals surface area contributed by atoms with Gasteiger partial charge in [-0.1, -0.05) is 41.7 Å². The monoisotopic (exact) mass is 409 g/mol. The minimum Gasteiger partial charge on any atom is -0.374 e. The summed E-state index contributed by atoms with van der Waals surface area (Å²) in [6, 6.07) is 14.5. The Labute approximate surface area is 173 Å². The maximum Gasteiger partial charge on any atom is 0.229 e. The lowest BCUT2D eigenvalue weighted by Crippen LogP contribution is -2.43. The van der Waals surface area contributed by atoms with Gasteiger partial charge in [-0.3, -0.25) is 9.78 Å². The second kappa shape index (κ2) is 8.67. The van der Waals surface area contributed by atoms with Crippen LogP contribution in [-0.2, 0) is 22.4 Å². The van der Waals surface area contributed by atoms with E-state index in [0.29, 0.717) is 29.8 Å². The van der Waals surface area contributed by atoms with E-state index in [1.165, 1.54) is 22.5 Å². The molecule has 0 radical (unpaired) electrons. The predicted molar refractivity (Wildman–Crippen MR) is 112 cm³/mol. The minimum absolute atomic E-state index is 0.00612. The van der Waals surface area contributed by atoms with Gasteiger partial charge in [-0.25, -0.2) is 0 Å². The molecule has 0 saturated carbocycles. The number of rotatable bonds is 5. The van der Waals surface area contributed by atoms with Crippen LogP contribution in [0.4, 0.5) is 5.13 Å². The van der Waals surface area contributed by atoms with Gasteiger partial charge in [0, 0.05) is 12.2 Å². The van der Waals surface area contributed by atoms with Gasteiger partial charge in [0.15, 0.2) is 0 Å². The van der Waals surface area contributed by atoms with Crippen LogP contribution in [0, 0.1) is 6.92 Å². The summed E-state index contributed by atoms with van der Waals surface area (Å²) in [5, 5.41) is 8.73. The van der Waals surface area contributed by atoms with Crippen LogP contribution in [0.1, 0.15) is 33.6 Å². The number of hydrogen-bond donors (Lipinski definition) is 1. The normalized spacial score (nSPS) is 16.7. The van der Waals surface area contributed by atoms with E-state index < -0.39 is 0 Å². The number of ether oxygens (including phenoxy) is 1. The van der Waals surface area contributed by atoms with Gasteiger partial charge in [0.2, 0.25) is 11.0 Å². The summed E-state index contributed by atoms with van der Waals surface area (Å²) in [5.41, 5.74) is 9.87. The minimum atomic E-state index is -0.235. The molecule has 1 aromatic carbocycles. The van der Waals surface area contributed by atoms with E-state index in [4.69, 9.17) is 10.5 Å². The summed E-state index contributed by atoms with van der Waals surface area (Å²) in [4.78, 5) is 19.2. The number of aromatic nitrogens is 3. The van der Waals surface area contributed by atoms with Gasteiger partial charge in [0.1, 0.15) is 11.1 Å². The van der Waals surface area contributed by atoms with E-state index in [9.17, 15) is 4.79 Å². The molecule has 0 spiro atoms. The molecule has 7 nitrogen and oxygen atoms in total. The zero-order valence-electron chi connectivity index (χ0n) is 16.2. The molecule has 2 N–H and O–H groups in total. The van der Waals surface area contributed by atoms with Crippen LogP contribution in [0.25, 0.3) is 0 Å².